The molecule has 0 saturated carbocycles. The van der Waals surface area contributed by atoms with Crippen LogP contribution in [0.5, 0.6) is 0 Å². The van der Waals surface area contributed by atoms with Crippen molar-refractivity contribution in [3.63, 3.8) is 0 Å². The molecule has 288 valence electrons. The van der Waals surface area contributed by atoms with Gasteiger partial charge in [0.1, 0.15) is 11.2 Å². The monoisotopic (exact) mass is 790 g/mol. The number of para-hydroxylation sites is 3. The van der Waals surface area contributed by atoms with Gasteiger partial charge in [0.2, 0.25) is 0 Å². The molecule has 3 heterocycles. The Morgan fingerprint density at radius 2 is 0.823 bits per heavy atom. The van der Waals surface area contributed by atoms with E-state index in [4.69, 9.17) is 19.4 Å². The number of furan rings is 1. The van der Waals surface area contributed by atoms with E-state index in [0.29, 0.717) is 17.5 Å². The summed E-state index contributed by atoms with van der Waals surface area (Å²) in [5.74, 6) is 1.83. The molecule has 13 rings (SSSR count). The molecule has 0 bridgehead atoms. The lowest BCUT2D eigenvalue weighted by Gasteiger charge is -2.18. The lowest BCUT2D eigenvalue weighted by Crippen LogP contribution is -2.04. The molecule has 0 spiro atoms. The molecule has 0 atom stereocenters. The minimum atomic E-state index is 0.598. The highest BCUT2D eigenvalue weighted by Gasteiger charge is 2.23. The Hall–Kier alpha value is -8.41. The molecule has 0 amide bonds. The van der Waals surface area contributed by atoms with E-state index in [1.54, 1.807) is 0 Å². The molecule has 5 nitrogen and oxygen atoms in total. The van der Waals surface area contributed by atoms with E-state index >= 15 is 0 Å². The summed E-state index contributed by atoms with van der Waals surface area (Å²) < 4.78 is 9.01. The average Bonchev–Trinajstić information content (AvgIpc) is 3.90. The zero-order valence-electron chi connectivity index (χ0n) is 33.3. The van der Waals surface area contributed by atoms with Gasteiger partial charge in [0, 0.05) is 43.8 Å². The van der Waals surface area contributed by atoms with E-state index in [9.17, 15) is 0 Å². The van der Waals surface area contributed by atoms with Crippen LogP contribution < -0.4 is 0 Å². The molecule has 3 aromatic heterocycles. The Kier molecular flexibility index (Phi) is 7.54. The largest absolute Gasteiger partial charge is 0.455 e. The molecule has 0 N–H and O–H groups in total. The molecule has 5 heteroatoms. The van der Waals surface area contributed by atoms with Gasteiger partial charge in [0.05, 0.1) is 16.7 Å². The van der Waals surface area contributed by atoms with Crippen molar-refractivity contribution in [2.75, 3.05) is 0 Å². The topological polar surface area (TPSA) is 56.7 Å². The quantitative estimate of drug-likeness (QED) is 0.163. The fourth-order valence-electron chi connectivity index (χ4n) is 9.60. The highest BCUT2D eigenvalue weighted by atomic mass is 16.3. The van der Waals surface area contributed by atoms with Crippen molar-refractivity contribution >= 4 is 76.1 Å². The first kappa shape index (κ1) is 34.5. The lowest BCUT2D eigenvalue weighted by atomic mass is 9.92. The first-order chi connectivity index (χ1) is 30.7. The maximum Gasteiger partial charge on any atom is 0.166 e. The normalized spacial score (nSPS) is 11.9. The Morgan fingerprint density at radius 3 is 1.50 bits per heavy atom. The third-order valence-corrected chi connectivity index (χ3v) is 12.4. The summed E-state index contributed by atoms with van der Waals surface area (Å²) in [5.41, 5.74) is 9.78. The van der Waals surface area contributed by atoms with Crippen molar-refractivity contribution in [2.45, 2.75) is 0 Å². The zero-order chi connectivity index (χ0) is 40.7. The Morgan fingerprint density at radius 1 is 0.306 bits per heavy atom. The Labute approximate surface area is 355 Å². The molecule has 0 radical (unpaired) electrons. The summed E-state index contributed by atoms with van der Waals surface area (Å²) in [6.07, 6.45) is 0. The van der Waals surface area contributed by atoms with Crippen molar-refractivity contribution in [1.82, 2.24) is 19.5 Å². The highest BCUT2D eigenvalue weighted by molar-refractivity contribution is 6.26. The van der Waals surface area contributed by atoms with E-state index in [1.165, 1.54) is 21.5 Å². The van der Waals surface area contributed by atoms with Gasteiger partial charge in [-0.15, -0.1) is 0 Å². The van der Waals surface area contributed by atoms with Gasteiger partial charge in [-0.25, -0.2) is 15.0 Å². The van der Waals surface area contributed by atoms with E-state index in [-0.39, 0.29) is 0 Å². The number of benzene rings is 10. The van der Waals surface area contributed by atoms with Gasteiger partial charge in [0.15, 0.2) is 17.5 Å². The van der Waals surface area contributed by atoms with E-state index in [0.717, 1.165) is 88.0 Å². The predicted molar refractivity (Wildman–Crippen MR) is 256 cm³/mol. The van der Waals surface area contributed by atoms with Crippen LogP contribution in [0, 0.1) is 0 Å². The molecule has 0 aliphatic heterocycles. The van der Waals surface area contributed by atoms with Crippen LogP contribution in [0.15, 0.2) is 211 Å². The first-order valence-electron chi connectivity index (χ1n) is 20.9. The third kappa shape index (κ3) is 5.25. The average molecular weight is 791 g/mol. The molecule has 62 heavy (non-hydrogen) atoms. The molecule has 13 aromatic rings. The van der Waals surface area contributed by atoms with Crippen molar-refractivity contribution in [1.29, 1.82) is 0 Å². The fraction of sp³-hybridized carbons (Fsp3) is 0. The van der Waals surface area contributed by atoms with Crippen LogP contribution in [0.25, 0.3) is 127 Å². The Balaban J connectivity index is 1.17. The highest BCUT2D eigenvalue weighted by Crippen LogP contribution is 2.44. The summed E-state index contributed by atoms with van der Waals surface area (Å²) in [6, 6.07) is 72.8. The van der Waals surface area contributed by atoms with Crippen molar-refractivity contribution in [3.05, 3.63) is 206 Å². The maximum atomic E-state index is 6.59. The molecule has 0 aliphatic rings. The van der Waals surface area contributed by atoms with Crippen molar-refractivity contribution in [3.8, 4) is 51.0 Å². The molecule has 0 saturated heterocycles. The number of rotatable bonds is 5. The number of aromatic nitrogens is 4. The third-order valence-electron chi connectivity index (χ3n) is 12.4. The second-order valence-electron chi connectivity index (χ2n) is 15.9. The van der Waals surface area contributed by atoms with Crippen LogP contribution in [0.1, 0.15) is 0 Å². The summed E-state index contributed by atoms with van der Waals surface area (Å²) in [7, 11) is 0. The van der Waals surface area contributed by atoms with Crippen LogP contribution in [-0.4, -0.2) is 19.5 Å². The summed E-state index contributed by atoms with van der Waals surface area (Å²) >= 11 is 0. The molecule has 0 fully saturated rings. The summed E-state index contributed by atoms with van der Waals surface area (Å²) in [5, 5.41) is 11.6. The van der Waals surface area contributed by atoms with Crippen LogP contribution in [0.4, 0.5) is 0 Å². The summed E-state index contributed by atoms with van der Waals surface area (Å²) in [4.78, 5) is 15.8. The number of hydrogen-bond acceptors (Lipinski definition) is 4. The predicted octanol–water partition coefficient (Wildman–Crippen LogP) is 15.0. The van der Waals surface area contributed by atoms with Crippen LogP contribution in [0.3, 0.4) is 0 Å². The summed E-state index contributed by atoms with van der Waals surface area (Å²) in [6.45, 7) is 0. The SMILES string of the molecule is c1ccc(-c2nc(-c3ccccc3)nc(-c3cc4c5ccccc5c5ccccc5c4cc3-n3c4ccccc4c4ccc(-c5cccc6c5oc5ccccc56)cc43)n2)cc1. The number of fused-ring (bicyclic) bond motifs is 12. The Bertz CT molecular complexity index is 3870. The van der Waals surface area contributed by atoms with Crippen molar-refractivity contribution in [2.24, 2.45) is 0 Å². The minimum absolute atomic E-state index is 0.598. The van der Waals surface area contributed by atoms with Gasteiger partial charge in [-0.1, -0.05) is 176 Å². The standard InChI is InChI=1S/C57H34N4O/c1-3-16-35(17-4-1)55-58-56(36-18-5-2-6-19-36)60-57(59-55)49-33-47-41-22-9-7-20-39(41)40-21-8-10-23-42(40)48(47)34-52(49)61-50-28-13-11-24-43(50)44-31-30-37(32-51(44)61)38-26-15-27-46-45-25-12-14-29-53(45)62-54(38)46/h1-34H. The van der Waals surface area contributed by atoms with Gasteiger partial charge >= 0.3 is 0 Å². The first-order valence-corrected chi connectivity index (χ1v) is 20.9. The number of hydrogen-bond donors (Lipinski definition) is 0. The fourth-order valence-corrected chi connectivity index (χ4v) is 9.60. The van der Waals surface area contributed by atoms with Gasteiger partial charge < -0.3 is 8.98 Å². The van der Waals surface area contributed by atoms with Crippen molar-refractivity contribution < 1.29 is 4.42 Å². The lowest BCUT2D eigenvalue weighted by molar-refractivity contribution is 0.670. The van der Waals surface area contributed by atoms with Crippen LogP contribution >= 0.6 is 0 Å². The van der Waals surface area contributed by atoms with E-state index < -0.39 is 0 Å². The molecular weight excluding hydrogens is 757 g/mol. The maximum absolute atomic E-state index is 6.59. The van der Waals surface area contributed by atoms with Gasteiger partial charge in [-0.3, -0.25) is 0 Å². The second-order valence-corrected chi connectivity index (χ2v) is 15.9. The smallest absolute Gasteiger partial charge is 0.166 e. The molecule has 10 aromatic carbocycles. The van der Waals surface area contributed by atoms with E-state index in [1.807, 2.05) is 48.5 Å². The van der Waals surface area contributed by atoms with Gasteiger partial charge in [0.25, 0.3) is 0 Å². The van der Waals surface area contributed by atoms with Crippen LogP contribution in [0.2, 0.25) is 0 Å². The minimum Gasteiger partial charge on any atom is -0.455 e. The second kappa shape index (κ2) is 13.6. The zero-order valence-corrected chi connectivity index (χ0v) is 33.3. The van der Waals surface area contributed by atoms with Gasteiger partial charge in [-0.05, 0) is 68.2 Å². The van der Waals surface area contributed by atoms with Gasteiger partial charge in [-0.2, -0.15) is 0 Å². The molecule has 0 aliphatic carbocycles. The van der Waals surface area contributed by atoms with E-state index in [2.05, 4.69) is 162 Å². The molecular formula is C57H34N4O. The van der Waals surface area contributed by atoms with Crippen LogP contribution in [-0.2, 0) is 0 Å². The number of nitrogens with zero attached hydrogens (tertiary/aromatic N) is 4. The molecule has 0 unspecified atom stereocenters.